The Bertz CT molecular complexity index is 1040. The van der Waals surface area contributed by atoms with Crippen molar-refractivity contribution in [3.8, 4) is 0 Å². The summed E-state index contributed by atoms with van der Waals surface area (Å²) in [5.41, 5.74) is -1.69. The maximum absolute atomic E-state index is 12.7. The van der Waals surface area contributed by atoms with Crippen LogP contribution < -0.4 is 16.0 Å². The number of hydrogen-bond acceptors (Lipinski definition) is 6. The topological polar surface area (TPSA) is 141 Å². The van der Waals surface area contributed by atoms with Crippen molar-refractivity contribution in [2.45, 2.75) is 4.90 Å². The number of nitrogens with one attached hydrogen (secondary N) is 3. The third-order valence-electron chi connectivity index (χ3n) is 3.77. The van der Waals surface area contributed by atoms with Crippen LogP contribution in [0.1, 0.15) is 10.4 Å². The molecule has 1 aliphatic rings. The number of aromatic nitrogens is 2. The van der Waals surface area contributed by atoms with E-state index in [0.29, 0.717) is 26.3 Å². The van der Waals surface area contributed by atoms with E-state index in [2.05, 4.69) is 9.71 Å². The lowest BCUT2D eigenvalue weighted by molar-refractivity contribution is 0.0303. The molecule has 2 heterocycles. The van der Waals surface area contributed by atoms with Gasteiger partial charge in [0.15, 0.2) is 4.90 Å². The molecule has 0 saturated carbocycles. The minimum absolute atomic E-state index is 0.0367. The zero-order valence-corrected chi connectivity index (χ0v) is 14.3. The molecule has 0 aliphatic carbocycles. The number of para-hydroxylation sites is 1. The Morgan fingerprint density at radius 2 is 1.85 bits per heavy atom. The van der Waals surface area contributed by atoms with Gasteiger partial charge in [-0.1, -0.05) is 12.1 Å². The number of anilines is 1. The number of ether oxygens (including phenoxy) is 1. The quantitative estimate of drug-likeness (QED) is 0.643. The summed E-state index contributed by atoms with van der Waals surface area (Å²) in [6.45, 7) is 1.62. The largest absolute Gasteiger partial charge is 0.378 e. The molecule has 0 unspecified atom stereocenters. The van der Waals surface area contributed by atoms with Crippen molar-refractivity contribution < 1.29 is 17.9 Å². The number of nitrogens with zero attached hydrogens (tertiary/aromatic N) is 1. The Morgan fingerprint density at radius 3 is 2.54 bits per heavy atom. The summed E-state index contributed by atoms with van der Waals surface area (Å²) in [5.74, 6) is -0.345. The molecule has 1 amide bonds. The number of H-pyrrole nitrogens is 2. The highest BCUT2D eigenvalue weighted by Gasteiger charge is 2.24. The molecule has 0 spiro atoms. The van der Waals surface area contributed by atoms with E-state index in [9.17, 15) is 22.8 Å². The molecule has 1 saturated heterocycles. The fraction of sp³-hybridized carbons (Fsp3) is 0.267. The molecule has 0 radical (unpaired) electrons. The van der Waals surface area contributed by atoms with Gasteiger partial charge in [-0.25, -0.2) is 13.2 Å². The van der Waals surface area contributed by atoms with E-state index in [1.807, 2.05) is 4.98 Å². The predicted octanol–water partition coefficient (Wildman–Crippen LogP) is -0.664. The van der Waals surface area contributed by atoms with Crippen molar-refractivity contribution in [2.24, 2.45) is 0 Å². The summed E-state index contributed by atoms with van der Waals surface area (Å²) >= 11 is 0. The second-order valence-corrected chi connectivity index (χ2v) is 7.14. The average molecular weight is 380 g/mol. The molecule has 10 nitrogen and oxygen atoms in total. The van der Waals surface area contributed by atoms with Gasteiger partial charge in [-0.15, -0.1) is 0 Å². The first-order valence-corrected chi connectivity index (χ1v) is 9.18. The first-order chi connectivity index (χ1) is 12.4. The van der Waals surface area contributed by atoms with Crippen LogP contribution in [0.2, 0.25) is 0 Å². The number of carbonyl (C=O) groups excluding carboxylic acids is 1. The standard InChI is InChI=1S/C15H16N4O6S/c20-13-12(9-16-15(22)17-13)26(23,24)18-11-4-2-1-3-10(11)14(21)19-5-7-25-8-6-19/h1-4,9,18H,5-8H2,(H2,16,17,20,22). The van der Waals surface area contributed by atoms with Gasteiger partial charge in [0.25, 0.3) is 21.5 Å². The number of hydrogen-bond donors (Lipinski definition) is 3. The Labute approximate surface area is 147 Å². The van der Waals surface area contributed by atoms with Crippen molar-refractivity contribution in [3.63, 3.8) is 0 Å². The van der Waals surface area contributed by atoms with Gasteiger partial charge in [0.2, 0.25) is 0 Å². The van der Waals surface area contributed by atoms with Crippen LogP contribution in [0.5, 0.6) is 0 Å². The third kappa shape index (κ3) is 3.68. The van der Waals surface area contributed by atoms with Crippen LogP contribution in [0.4, 0.5) is 5.69 Å². The van der Waals surface area contributed by atoms with Crippen LogP contribution in [0.25, 0.3) is 0 Å². The van der Waals surface area contributed by atoms with Gasteiger partial charge < -0.3 is 14.6 Å². The van der Waals surface area contributed by atoms with E-state index in [4.69, 9.17) is 4.74 Å². The van der Waals surface area contributed by atoms with Crippen LogP contribution in [-0.4, -0.2) is 55.5 Å². The molecule has 1 aromatic heterocycles. The van der Waals surface area contributed by atoms with Crippen LogP contribution >= 0.6 is 0 Å². The maximum atomic E-state index is 12.7. The Morgan fingerprint density at radius 1 is 1.15 bits per heavy atom. The molecule has 26 heavy (non-hydrogen) atoms. The monoisotopic (exact) mass is 380 g/mol. The molecule has 3 rings (SSSR count). The second kappa shape index (κ2) is 7.14. The van der Waals surface area contributed by atoms with E-state index >= 15 is 0 Å². The van der Waals surface area contributed by atoms with E-state index in [1.54, 1.807) is 17.0 Å². The minimum Gasteiger partial charge on any atom is -0.378 e. The molecular weight excluding hydrogens is 364 g/mol. The van der Waals surface area contributed by atoms with E-state index in [-0.39, 0.29) is 17.2 Å². The normalized spacial score (nSPS) is 14.8. The van der Waals surface area contributed by atoms with E-state index in [0.717, 1.165) is 6.20 Å². The highest BCUT2D eigenvalue weighted by Crippen LogP contribution is 2.20. The van der Waals surface area contributed by atoms with Gasteiger partial charge in [0.1, 0.15) is 0 Å². The molecular formula is C15H16N4O6S. The number of aromatic amines is 2. The first-order valence-electron chi connectivity index (χ1n) is 7.69. The Hall–Kier alpha value is -2.92. The van der Waals surface area contributed by atoms with E-state index < -0.39 is 26.2 Å². The molecule has 11 heteroatoms. The van der Waals surface area contributed by atoms with Gasteiger partial charge in [-0.2, -0.15) is 0 Å². The maximum Gasteiger partial charge on any atom is 0.325 e. The van der Waals surface area contributed by atoms with Gasteiger partial charge in [0, 0.05) is 19.3 Å². The SMILES string of the molecule is O=C(c1ccccc1NS(=O)(=O)c1c[nH]c(=O)[nH]c1=O)N1CCOCC1. The van der Waals surface area contributed by atoms with Gasteiger partial charge in [-0.05, 0) is 12.1 Å². The van der Waals surface area contributed by atoms with Crippen LogP contribution in [0.3, 0.4) is 0 Å². The van der Waals surface area contributed by atoms with Gasteiger partial charge >= 0.3 is 5.69 Å². The molecule has 1 fully saturated rings. The van der Waals surface area contributed by atoms with Crippen molar-refractivity contribution >= 4 is 21.6 Å². The van der Waals surface area contributed by atoms with Gasteiger partial charge in [0.05, 0.1) is 24.5 Å². The van der Waals surface area contributed by atoms with Crippen molar-refractivity contribution in [1.82, 2.24) is 14.9 Å². The lowest BCUT2D eigenvalue weighted by Gasteiger charge is -2.27. The Balaban J connectivity index is 1.94. The number of benzene rings is 1. The summed E-state index contributed by atoms with van der Waals surface area (Å²) in [7, 11) is -4.31. The highest BCUT2D eigenvalue weighted by molar-refractivity contribution is 7.92. The number of amides is 1. The number of sulfonamides is 1. The zero-order chi connectivity index (χ0) is 18.7. The smallest absolute Gasteiger partial charge is 0.325 e. The van der Waals surface area contributed by atoms with E-state index in [1.165, 1.54) is 12.1 Å². The zero-order valence-electron chi connectivity index (χ0n) is 13.5. The molecule has 1 aliphatic heterocycles. The summed E-state index contributed by atoms with van der Waals surface area (Å²) in [6.07, 6.45) is 0.801. The average Bonchev–Trinajstić information content (AvgIpc) is 2.61. The molecule has 3 N–H and O–H groups in total. The highest BCUT2D eigenvalue weighted by atomic mass is 32.2. The number of rotatable bonds is 4. The molecule has 0 bridgehead atoms. The van der Waals surface area contributed by atoms with Gasteiger partial charge in [-0.3, -0.25) is 19.3 Å². The summed E-state index contributed by atoms with van der Waals surface area (Å²) < 4.78 is 32.4. The fourth-order valence-electron chi connectivity index (χ4n) is 2.49. The third-order valence-corrected chi connectivity index (χ3v) is 5.15. The lowest BCUT2D eigenvalue weighted by atomic mass is 10.1. The number of morpholine rings is 1. The van der Waals surface area contributed by atoms with Crippen molar-refractivity contribution in [2.75, 3.05) is 31.0 Å². The minimum atomic E-state index is -4.31. The molecule has 2 aromatic rings. The molecule has 138 valence electrons. The summed E-state index contributed by atoms with van der Waals surface area (Å²) in [6, 6.07) is 6.08. The van der Waals surface area contributed by atoms with Crippen LogP contribution in [0.15, 0.2) is 44.9 Å². The fourth-order valence-corrected chi connectivity index (χ4v) is 3.58. The Kier molecular flexibility index (Phi) is 4.91. The summed E-state index contributed by atoms with van der Waals surface area (Å²) in [4.78, 5) is 40.3. The van der Waals surface area contributed by atoms with Crippen LogP contribution in [-0.2, 0) is 14.8 Å². The first kappa shape index (κ1) is 17.9. The van der Waals surface area contributed by atoms with Crippen molar-refractivity contribution in [3.05, 3.63) is 56.9 Å². The summed E-state index contributed by atoms with van der Waals surface area (Å²) in [5, 5.41) is 0. The number of carbonyl (C=O) groups is 1. The molecule has 0 atom stereocenters. The lowest BCUT2D eigenvalue weighted by Crippen LogP contribution is -2.41. The van der Waals surface area contributed by atoms with Crippen molar-refractivity contribution in [1.29, 1.82) is 0 Å². The van der Waals surface area contributed by atoms with Crippen LogP contribution in [0, 0.1) is 0 Å². The molecule has 1 aromatic carbocycles. The second-order valence-electron chi connectivity index (χ2n) is 5.49. The predicted molar refractivity (Wildman–Crippen MR) is 91.7 cm³/mol.